The monoisotopic (exact) mass is 202 g/mol. The van der Waals surface area contributed by atoms with Gasteiger partial charge in [-0.25, -0.2) is 4.79 Å². The van der Waals surface area contributed by atoms with Crippen LogP contribution < -0.4 is 0 Å². The van der Waals surface area contributed by atoms with Crippen molar-refractivity contribution in [3.63, 3.8) is 0 Å². The van der Waals surface area contributed by atoms with Gasteiger partial charge in [0.25, 0.3) is 0 Å². The highest BCUT2D eigenvalue weighted by Gasteiger charge is 2.12. The molecule has 4 nitrogen and oxygen atoms in total. The van der Waals surface area contributed by atoms with Gasteiger partial charge < -0.3 is 14.9 Å². The molecule has 2 N–H and O–H groups in total. The third kappa shape index (κ3) is 5.72. The third-order valence-electron chi connectivity index (χ3n) is 1.56. The fraction of sp³-hybridized carbons (Fsp3) is 0.700. The Kier molecular flexibility index (Phi) is 6.16. The summed E-state index contributed by atoms with van der Waals surface area (Å²) in [7, 11) is 0. The molecule has 82 valence electrons. The molecule has 4 heteroatoms. The molecule has 0 aromatic carbocycles. The van der Waals surface area contributed by atoms with E-state index >= 15 is 0 Å². The molecule has 1 unspecified atom stereocenters. The van der Waals surface area contributed by atoms with Gasteiger partial charge in [-0.1, -0.05) is 20.4 Å². The molecular formula is C10H18O4. The predicted molar refractivity (Wildman–Crippen MR) is 52.6 cm³/mol. The Hall–Kier alpha value is -0.870. The molecule has 0 fully saturated rings. The van der Waals surface area contributed by atoms with Gasteiger partial charge in [-0.3, -0.25) is 0 Å². The Morgan fingerprint density at radius 2 is 2.07 bits per heavy atom. The molecular weight excluding hydrogens is 184 g/mol. The molecule has 0 aromatic heterocycles. The summed E-state index contributed by atoms with van der Waals surface area (Å²) in [5.41, 5.74) is 0.394. The molecule has 0 saturated heterocycles. The van der Waals surface area contributed by atoms with E-state index in [1.165, 1.54) is 0 Å². The number of aliphatic hydroxyl groups excluding tert-OH is 2. The van der Waals surface area contributed by atoms with Crippen LogP contribution in [-0.2, 0) is 9.53 Å². The maximum absolute atomic E-state index is 11.2. The summed E-state index contributed by atoms with van der Waals surface area (Å²) in [6.07, 6.45) is -0.431. The van der Waals surface area contributed by atoms with Crippen molar-refractivity contribution >= 4 is 5.97 Å². The molecule has 0 spiro atoms. The van der Waals surface area contributed by atoms with Crippen molar-refractivity contribution in [2.24, 2.45) is 5.92 Å². The van der Waals surface area contributed by atoms with Crippen molar-refractivity contribution in [2.75, 3.05) is 13.2 Å². The van der Waals surface area contributed by atoms with E-state index in [0.29, 0.717) is 17.9 Å². The summed E-state index contributed by atoms with van der Waals surface area (Å²) in [5.74, 6) is -0.163. The Morgan fingerprint density at radius 1 is 1.50 bits per heavy atom. The minimum atomic E-state index is -1.01. The van der Waals surface area contributed by atoms with Crippen LogP contribution in [0.15, 0.2) is 12.2 Å². The van der Waals surface area contributed by atoms with Gasteiger partial charge in [0.1, 0.15) is 12.7 Å². The number of rotatable bonds is 6. The summed E-state index contributed by atoms with van der Waals surface area (Å²) in [4.78, 5) is 11.2. The quantitative estimate of drug-likeness (QED) is 0.486. The topological polar surface area (TPSA) is 66.8 Å². The maximum atomic E-state index is 11.2. The molecule has 14 heavy (non-hydrogen) atoms. The van der Waals surface area contributed by atoms with Crippen LogP contribution in [0.4, 0.5) is 0 Å². The summed E-state index contributed by atoms with van der Waals surface area (Å²) in [5, 5.41) is 17.4. The number of esters is 1. The molecule has 1 atom stereocenters. The fourth-order valence-corrected chi connectivity index (χ4v) is 0.903. The lowest BCUT2D eigenvalue weighted by Crippen LogP contribution is -2.22. The van der Waals surface area contributed by atoms with Crippen molar-refractivity contribution in [1.29, 1.82) is 0 Å². The van der Waals surface area contributed by atoms with E-state index in [1.807, 2.05) is 13.8 Å². The van der Waals surface area contributed by atoms with Crippen LogP contribution in [-0.4, -0.2) is 35.5 Å². The lowest BCUT2D eigenvalue weighted by atomic mass is 10.1. The van der Waals surface area contributed by atoms with Crippen molar-refractivity contribution in [2.45, 2.75) is 26.4 Å². The van der Waals surface area contributed by atoms with Crippen LogP contribution in [0.2, 0.25) is 0 Å². The van der Waals surface area contributed by atoms with Gasteiger partial charge in [-0.15, -0.1) is 0 Å². The zero-order chi connectivity index (χ0) is 11.1. The summed E-state index contributed by atoms with van der Waals surface area (Å²) in [6.45, 7) is 6.93. The van der Waals surface area contributed by atoms with Crippen LogP contribution in [0.25, 0.3) is 0 Å². The molecule has 0 aliphatic heterocycles. The van der Waals surface area contributed by atoms with E-state index in [4.69, 9.17) is 14.9 Å². The van der Waals surface area contributed by atoms with Gasteiger partial charge in [0, 0.05) is 5.57 Å². The first-order valence-electron chi connectivity index (χ1n) is 4.61. The number of carbonyl (C=O) groups excluding carboxylic acids is 1. The lowest BCUT2D eigenvalue weighted by molar-refractivity contribution is -0.142. The number of aliphatic hydroxyl groups is 2. The Balaban J connectivity index is 3.79. The lowest BCUT2D eigenvalue weighted by Gasteiger charge is -2.10. The molecule has 0 heterocycles. The van der Waals surface area contributed by atoms with E-state index in [-0.39, 0.29) is 6.61 Å². The summed E-state index contributed by atoms with van der Waals surface area (Å²) >= 11 is 0. The van der Waals surface area contributed by atoms with E-state index < -0.39 is 18.7 Å². The first-order valence-corrected chi connectivity index (χ1v) is 4.61. The van der Waals surface area contributed by atoms with Crippen LogP contribution in [0, 0.1) is 5.92 Å². The van der Waals surface area contributed by atoms with Gasteiger partial charge in [-0.05, 0) is 12.3 Å². The van der Waals surface area contributed by atoms with Gasteiger partial charge in [0.2, 0.25) is 0 Å². The first kappa shape index (κ1) is 13.1. The van der Waals surface area contributed by atoms with E-state index in [0.717, 1.165) is 0 Å². The summed E-state index contributed by atoms with van der Waals surface area (Å²) < 4.78 is 4.71. The molecule has 0 aromatic rings. The van der Waals surface area contributed by atoms with Crippen molar-refractivity contribution in [1.82, 2.24) is 0 Å². The van der Waals surface area contributed by atoms with Gasteiger partial charge >= 0.3 is 5.97 Å². The number of carbonyl (C=O) groups is 1. The van der Waals surface area contributed by atoms with E-state index in [2.05, 4.69) is 6.58 Å². The molecule has 0 radical (unpaired) electrons. The average Bonchev–Trinajstić information content (AvgIpc) is 2.12. The van der Waals surface area contributed by atoms with Crippen molar-refractivity contribution < 1.29 is 19.7 Å². The van der Waals surface area contributed by atoms with Crippen LogP contribution in [0.5, 0.6) is 0 Å². The second kappa shape index (κ2) is 6.56. The number of hydrogen-bond acceptors (Lipinski definition) is 4. The molecule has 0 rings (SSSR count). The van der Waals surface area contributed by atoms with Gasteiger partial charge in [0.15, 0.2) is 0 Å². The molecule has 0 aliphatic carbocycles. The second-order valence-electron chi connectivity index (χ2n) is 3.64. The SMILES string of the molecule is C=C(CC(C)C)C(=O)OCC(O)CO. The number of ether oxygens (including phenoxy) is 1. The minimum absolute atomic E-state index is 0.188. The highest BCUT2D eigenvalue weighted by atomic mass is 16.5. The smallest absolute Gasteiger partial charge is 0.333 e. The predicted octanol–water partition coefficient (Wildman–Crippen LogP) is 0.485. The van der Waals surface area contributed by atoms with Crippen molar-refractivity contribution in [3.8, 4) is 0 Å². The standard InChI is InChI=1S/C10H18O4/c1-7(2)4-8(3)10(13)14-6-9(12)5-11/h7,9,11-12H,3-6H2,1-2H3. The zero-order valence-corrected chi connectivity index (χ0v) is 8.69. The maximum Gasteiger partial charge on any atom is 0.333 e. The van der Waals surface area contributed by atoms with E-state index in [1.54, 1.807) is 0 Å². The zero-order valence-electron chi connectivity index (χ0n) is 8.69. The molecule has 0 aliphatic rings. The van der Waals surface area contributed by atoms with Crippen molar-refractivity contribution in [3.05, 3.63) is 12.2 Å². The van der Waals surface area contributed by atoms with Gasteiger partial charge in [-0.2, -0.15) is 0 Å². The molecule has 0 amide bonds. The van der Waals surface area contributed by atoms with Gasteiger partial charge in [0.05, 0.1) is 6.61 Å². The highest BCUT2D eigenvalue weighted by Crippen LogP contribution is 2.09. The minimum Gasteiger partial charge on any atom is -0.459 e. The normalized spacial score (nSPS) is 12.6. The van der Waals surface area contributed by atoms with Crippen LogP contribution >= 0.6 is 0 Å². The third-order valence-corrected chi connectivity index (χ3v) is 1.56. The Morgan fingerprint density at radius 3 is 2.50 bits per heavy atom. The first-order chi connectivity index (χ1) is 6.47. The number of hydrogen-bond donors (Lipinski definition) is 2. The average molecular weight is 202 g/mol. The van der Waals surface area contributed by atoms with Crippen LogP contribution in [0.1, 0.15) is 20.3 Å². The molecule has 0 bridgehead atoms. The van der Waals surface area contributed by atoms with E-state index in [9.17, 15) is 4.79 Å². The Bertz CT molecular complexity index is 198. The largest absolute Gasteiger partial charge is 0.459 e. The summed E-state index contributed by atoms with van der Waals surface area (Å²) in [6, 6.07) is 0. The molecule has 0 saturated carbocycles. The van der Waals surface area contributed by atoms with Crippen LogP contribution in [0.3, 0.4) is 0 Å². The highest BCUT2D eigenvalue weighted by molar-refractivity contribution is 5.87. The Labute approximate surface area is 84.2 Å². The second-order valence-corrected chi connectivity index (χ2v) is 3.64. The fourth-order valence-electron chi connectivity index (χ4n) is 0.903.